The van der Waals surface area contributed by atoms with E-state index in [2.05, 4.69) is 32.7 Å². The number of likely N-dealkylation sites (tertiary alicyclic amines) is 1. The van der Waals surface area contributed by atoms with E-state index >= 15 is 0 Å². The van der Waals surface area contributed by atoms with E-state index in [-0.39, 0.29) is 17.8 Å². The molecule has 1 fully saturated rings. The number of piperidine rings is 1. The Morgan fingerprint density at radius 1 is 1.12 bits per heavy atom. The molecule has 0 aliphatic carbocycles. The third-order valence-corrected chi connectivity index (χ3v) is 6.11. The average Bonchev–Trinajstić information content (AvgIpc) is 2.86. The summed E-state index contributed by atoms with van der Waals surface area (Å²) in [5, 5.41) is 6.09. The Balaban J connectivity index is 1.33. The molecule has 1 saturated heterocycles. The largest absolute Gasteiger partial charge is 0.493 e. The van der Waals surface area contributed by atoms with Gasteiger partial charge in [-0.25, -0.2) is 9.37 Å². The number of halogens is 1. The predicted octanol–water partition coefficient (Wildman–Crippen LogP) is 4.72. The third kappa shape index (κ3) is 5.91. The number of hydrogen-bond acceptors (Lipinski definition) is 5. The van der Waals surface area contributed by atoms with Crippen molar-refractivity contribution in [3.8, 4) is 16.9 Å². The predicted molar refractivity (Wildman–Crippen MR) is 133 cm³/mol. The van der Waals surface area contributed by atoms with Crippen LogP contribution in [-0.4, -0.2) is 48.6 Å². The summed E-state index contributed by atoms with van der Waals surface area (Å²) in [5.41, 5.74) is 3.65. The minimum absolute atomic E-state index is 0.0775. The summed E-state index contributed by atoms with van der Waals surface area (Å²) in [6.07, 6.45) is 3.40. The molecule has 2 heterocycles. The van der Waals surface area contributed by atoms with Crippen LogP contribution in [0.15, 0.2) is 60.8 Å². The molecule has 0 radical (unpaired) electrons. The molecular formula is C27H31FN4O2. The molecule has 1 aliphatic heterocycles. The monoisotopic (exact) mass is 462 g/mol. The smallest absolute Gasteiger partial charge is 0.253 e. The SMILES string of the molecule is CCOc1cc(CN2CCC(NC(=O)c3ccc(NC)nc3)CC2)ccc1-c1ccc(F)cc1. The number of nitrogens with zero attached hydrogens (tertiary/aromatic N) is 2. The number of aromatic nitrogens is 1. The fourth-order valence-corrected chi connectivity index (χ4v) is 4.25. The van der Waals surface area contributed by atoms with Crippen molar-refractivity contribution in [1.82, 2.24) is 15.2 Å². The van der Waals surface area contributed by atoms with Crippen molar-refractivity contribution in [1.29, 1.82) is 0 Å². The van der Waals surface area contributed by atoms with Crippen LogP contribution < -0.4 is 15.4 Å². The molecule has 0 saturated carbocycles. The zero-order valence-corrected chi connectivity index (χ0v) is 19.7. The lowest BCUT2D eigenvalue weighted by Crippen LogP contribution is -2.44. The van der Waals surface area contributed by atoms with Crippen molar-refractivity contribution >= 4 is 11.7 Å². The Labute approximate surface area is 200 Å². The van der Waals surface area contributed by atoms with Crippen molar-refractivity contribution in [3.05, 3.63) is 77.7 Å². The summed E-state index contributed by atoms with van der Waals surface area (Å²) in [6.45, 7) is 5.16. The van der Waals surface area contributed by atoms with Crippen LogP contribution in [-0.2, 0) is 6.54 Å². The number of pyridine rings is 1. The summed E-state index contributed by atoms with van der Waals surface area (Å²) >= 11 is 0. The highest BCUT2D eigenvalue weighted by molar-refractivity contribution is 5.94. The Morgan fingerprint density at radius 2 is 1.88 bits per heavy atom. The first-order valence-corrected chi connectivity index (χ1v) is 11.7. The van der Waals surface area contributed by atoms with Crippen molar-refractivity contribution in [2.24, 2.45) is 0 Å². The van der Waals surface area contributed by atoms with Gasteiger partial charge in [0.25, 0.3) is 5.91 Å². The van der Waals surface area contributed by atoms with Gasteiger partial charge in [0.05, 0.1) is 12.2 Å². The van der Waals surface area contributed by atoms with E-state index in [0.29, 0.717) is 12.2 Å². The standard InChI is InChI=1S/C27H31FN4O2/c1-3-34-25-16-19(4-10-24(25)20-5-8-22(28)9-6-20)18-32-14-12-23(13-15-32)31-27(33)21-7-11-26(29-2)30-17-21/h4-11,16-17,23H,3,12-15,18H2,1-2H3,(H,29,30)(H,31,33). The van der Waals surface area contributed by atoms with Gasteiger partial charge < -0.3 is 15.4 Å². The van der Waals surface area contributed by atoms with E-state index in [1.807, 2.05) is 13.0 Å². The van der Waals surface area contributed by atoms with Crippen LogP contribution >= 0.6 is 0 Å². The molecule has 0 bridgehead atoms. The molecule has 0 atom stereocenters. The van der Waals surface area contributed by atoms with Crippen LogP contribution in [0.5, 0.6) is 5.75 Å². The van der Waals surface area contributed by atoms with Crippen molar-refractivity contribution < 1.29 is 13.9 Å². The lowest BCUT2D eigenvalue weighted by Gasteiger charge is -2.32. The molecule has 1 amide bonds. The van der Waals surface area contributed by atoms with Crippen LogP contribution in [0.25, 0.3) is 11.1 Å². The van der Waals surface area contributed by atoms with Crippen molar-refractivity contribution in [2.45, 2.75) is 32.4 Å². The summed E-state index contributed by atoms with van der Waals surface area (Å²) in [7, 11) is 1.80. The highest BCUT2D eigenvalue weighted by Gasteiger charge is 2.22. The van der Waals surface area contributed by atoms with E-state index in [0.717, 1.165) is 55.2 Å². The number of carbonyl (C=O) groups excluding carboxylic acids is 1. The maximum atomic E-state index is 13.3. The maximum Gasteiger partial charge on any atom is 0.253 e. The second-order valence-electron chi connectivity index (χ2n) is 8.48. The minimum atomic E-state index is -0.249. The average molecular weight is 463 g/mol. The summed E-state index contributed by atoms with van der Waals surface area (Å²) in [6, 6.07) is 16.5. The number of carbonyl (C=O) groups is 1. The second-order valence-corrected chi connectivity index (χ2v) is 8.48. The molecule has 2 N–H and O–H groups in total. The van der Waals surface area contributed by atoms with Gasteiger partial charge in [-0.05, 0) is 61.2 Å². The summed E-state index contributed by atoms with van der Waals surface area (Å²) in [5.74, 6) is 1.22. The van der Waals surface area contributed by atoms with Gasteiger partial charge in [0.2, 0.25) is 0 Å². The summed E-state index contributed by atoms with van der Waals surface area (Å²) < 4.78 is 19.2. The summed E-state index contributed by atoms with van der Waals surface area (Å²) in [4.78, 5) is 19.1. The first kappa shape index (κ1) is 23.7. The first-order chi connectivity index (χ1) is 16.6. The Bertz CT molecular complexity index is 1090. The zero-order chi connectivity index (χ0) is 23.9. The van der Waals surface area contributed by atoms with E-state index in [1.54, 1.807) is 37.5 Å². The van der Waals surface area contributed by atoms with Gasteiger partial charge in [-0.3, -0.25) is 9.69 Å². The van der Waals surface area contributed by atoms with Gasteiger partial charge in [-0.1, -0.05) is 24.3 Å². The Morgan fingerprint density at radius 3 is 2.53 bits per heavy atom. The van der Waals surface area contributed by atoms with Gasteiger partial charge in [-0.2, -0.15) is 0 Å². The topological polar surface area (TPSA) is 66.5 Å². The fraction of sp³-hybridized carbons (Fsp3) is 0.333. The molecule has 34 heavy (non-hydrogen) atoms. The number of rotatable bonds is 8. The molecule has 4 rings (SSSR count). The van der Waals surface area contributed by atoms with Gasteiger partial charge in [0.1, 0.15) is 17.4 Å². The van der Waals surface area contributed by atoms with Crippen LogP contribution in [0.2, 0.25) is 0 Å². The number of anilines is 1. The molecule has 178 valence electrons. The van der Waals surface area contributed by atoms with Gasteiger partial charge in [0.15, 0.2) is 0 Å². The van der Waals surface area contributed by atoms with Crippen LogP contribution in [0, 0.1) is 5.82 Å². The van der Waals surface area contributed by atoms with Crippen LogP contribution in [0.4, 0.5) is 10.2 Å². The molecule has 0 spiro atoms. The molecule has 1 aliphatic rings. The number of hydrogen-bond donors (Lipinski definition) is 2. The number of amides is 1. The first-order valence-electron chi connectivity index (χ1n) is 11.7. The molecule has 0 unspecified atom stereocenters. The lowest BCUT2D eigenvalue weighted by atomic mass is 10.0. The highest BCUT2D eigenvalue weighted by atomic mass is 19.1. The van der Waals surface area contributed by atoms with Crippen LogP contribution in [0.1, 0.15) is 35.7 Å². The van der Waals surface area contributed by atoms with E-state index in [1.165, 1.54) is 17.7 Å². The molecule has 1 aromatic heterocycles. The number of benzene rings is 2. The molecule has 3 aromatic rings. The van der Waals surface area contributed by atoms with E-state index in [4.69, 9.17) is 4.74 Å². The molecule has 6 nitrogen and oxygen atoms in total. The van der Waals surface area contributed by atoms with Crippen molar-refractivity contribution in [3.63, 3.8) is 0 Å². The molecule has 2 aromatic carbocycles. The number of nitrogens with one attached hydrogen (secondary N) is 2. The molecular weight excluding hydrogens is 431 g/mol. The van der Waals surface area contributed by atoms with Crippen LogP contribution in [0.3, 0.4) is 0 Å². The normalized spacial score (nSPS) is 14.6. The maximum absolute atomic E-state index is 13.3. The molecule has 7 heteroatoms. The van der Waals surface area contributed by atoms with Gasteiger partial charge in [0, 0.05) is 44.5 Å². The van der Waals surface area contributed by atoms with E-state index in [9.17, 15) is 9.18 Å². The minimum Gasteiger partial charge on any atom is -0.493 e. The quantitative estimate of drug-likeness (QED) is 0.507. The zero-order valence-electron chi connectivity index (χ0n) is 19.7. The van der Waals surface area contributed by atoms with Gasteiger partial charge >= 0.3 is 0 Å². The Kier molecular flexibility index (Phi) is 7.75. The lowest BCUT2D eigenvalue weighted by molar-refractivity contribution is 0.0908. The Hall–Kier alpha value is -3.45. The fourth-order valence-electron chi connectivity index (χ4n) is 4.25. The second kappa shape index (κ2) is 11.1. The van der Waals surface area contributed by atoms with E-state index < -0.39 is 0 Å². The third-order valence-electron chi connectivity index (χ3n) is 6.11. The van der Waals surface area contributed by atoms with Crippen molar-refractivity contribution in [2.75, 3.05) is 32.1 Å². The van der Waals surface area contributed by atoms with Gasteiger partial charge in [-0.15, -0.1) is 0 Å². The highest BCUT2D eigenvalue weighted by Crippen LogP contribution is 2.32. The number of ether oxygens (including phenoxy) is 1.